The van der Waals surface area contributed by atoms with Gasteiger partial charge in [-0.25, -0.2) is 4.79 Å². The van der Waals surface area contributed by atoms with E-state index in [0.717, 1.165) is 5.56 Å². The predicted octanol–water partition coefficient (Wildman–Crippen LogP) is 0.492. The number of rotatable bonds is 3. The summed E-state index contributed by atoms with van der Waals surface area (Å²) in [6.07, 6.45) is -1.08. The Hall–Kier alpha value is -1.88. The first-order chi connectivity index (χ1) is 8.57. The van der Waals surface area contributed by atoms with Crippen molar-refractivity contribution >= 4 is 11.9 Å². The Morgan fingerprint density at radius 1 is 1.39 bits per heavy atom. The number of esters is 1. The van der Waals surface area contributed by atoms with Crippen LogP contribution in [0.5, 0.6) is 0 Å². The maximum Gasteiger partial charge on any atom is 0.328 e. The van der Waals surface area contributed by atoms with Crippen molar-refractivity contribution in [1.29, 1.82) is 0 Å². The highest BCUT2D eigenvalue weighted by molar-refractivity contribution is 5.93. The average Bonchev–Trinajstić information content (AvgIpc) is 2.42. The molecule has 0 aliphatic carbocycles. The third kappa shape index (κ3) is 1.86. The Morgan fingerprint density at radius 2 is 2.00 bits per heavy atom. The topological polar surface area (TPSA) is 66.8 Å². The number of methoxy groups -OCH3 is 1. The van der Waals surface area contributed by atoms with Gasteiger partial charge in [-0.05, 0) is 12.5 Å². The van der Waals surface area contributed by atoms with Crippen molar-refractivity contribution in [3.63, 3.8) is 0 Å². The highest BCUT2D eigenvalue weighted by Gasteiger charge is 2.50. The minimum absolute atomic E-state index is 0.443. The van der Waals surface area contributed by atoms with Crippen LogP contribution >= 0.6 is 0 Å². The molecule has 5 nitrogen and oxygen atoms in total. The molecule has 2 rings (SSSR count). The van der Waals surface area contributed by atoms with Crippen LogP contribution in [-0.4, -0.2) is 41.1 Å². The zero-order chi connectivity index (χ0) is 13.3. The summed E-state index contributed by atoms with van der Waals surface area (Å²) in [6.45, 7) is 1.59. The number of nitrogens with zero attached hydrogens (tertiary/aromatic N) is 1. The zero-order valence-corrected chi connectivity index (χ0v) is 10.2. The van der Waals surface area contributed by atoms with E-state index in [1.54, 1.807) is 6.92 Å². The van der Waals surface area contributed by atoms with Crippen LogP contribution in [0.25, 0.3) is 0 Å². The Kier molecular flexibility index (Phi) is 3.34. The number of carbonyl (C=O) groups is 2. The lowest BCUT2D eigenvalue weighted by atomic mass is 9.89. The summed E-state index contributed by atoms with van der Waals surface area (Å²) in [4.78, 5) is 24.5. The average molecular weight is 249 g/mol. The second-order valence-corrected chi connectivity index (χ2v) is 4.24. The van der Waals surface area contributed by atoms with Gasteiger partial charge in [0.15, 0.2) is 6.10 Å². The van der Waals surface area contributed by atoms with Gasteiger partial charge in [-0.15, -0.1) is 0 Å². The molecule has 1 saturated heterocycles. The maximum absolute atomic E-state index is 11.7. The molecule has 1 aliphatic rings. The van der Waals surface area contributed by atoms with Gasteiger partial charge in [-0.1, -0.05) is 30.3 Å². The monoisotopic (exact) mass is 249 g/mol. The molecule has 0 radical (unpaired) electrons. The minimum atomic E-state index is -1.08. The van der Waals surface area contributed by atoms with E-state index in [1.807, 2.05) is 30.3 Å². The maximum atomic E-state index is 11.7. The number of ether oxygens (including phenoxy) is 1. The molecule has 1 aromatic carbocycles. The number of benzene rings is 1. The molecule has 1 fully saturated rings. The number of aliphatic hydroxyl groups is 1. The van der Waals surface area contributed by atoms with Crippen LogP contribution < -0.4 is 0 Å². The fourth-order valence-electron chi connectivity index (χ4n) is 2.20. The smallest absolute Gasteiger partial charge is 0.328 e. The molecule has 1 amide bonds. The van der Waals surface area contributed by atoms with Crippen LogP contribution in [0.4, 0.5) is 0 Å². The number of carbonyl (C=O) groups excluding carboxylic acids is 2. The standard InChI is InChI=1S/C13H15NO4/c1-8(13(17)18-2)14-10(11(15)12(14)16)9-6-4-3-5-7-9/h3-8,10-11,15H,1-2H3. The van der Waals surface area contributed by atoms with Gasteiger partial charge < -0.3 is 14.7 Å². The van der Waals surface area contributed by atoms with Gasteiger partial charge in [0, 0.05) is 0 Å². The van der Waals surface area contributed by atoms with E-state index in [-0.39, 0.29) is 0 Å². The van der Waals surface area contributed by atoms with Crippen molar-refractivity contribution in [3.05, 3.63) is 35.9 Å². The van der Waals surface area contributed by atoms with E-state index >= 15 is 0 Å². The number of hydrogen-bond acceptors (Lipinski definition) is 4. The summed E-state index contributed by atoms with van der Waals surface area (Å²) < 4.78 is 4.62. The summed E-state index contributed by atoms with van der Waals surface area (Å²) in [6, 6.07) is 7.96. The van der Waals surface area contributed by atoms with Crippen molar-refractivity contribution in [2.45, 2.75) is 25.1 Å². The summed E-state index contributed by atoms with van der Waals surface area (Å²) in [5, 5.41) is 9.76. The van der Waals surface area contributed by atoms with Gasteiger partial charge in [0.2, 0.25) is 0 Å². The fraction of sp³-hybridized carbons (Fsp3) is 0.385. The van der Waals surface area contributed by atoms with E-state index < -0.39 is 30.1 Å². The Morgan fingerprint density at radius 3 is 2.56 bits per heavy atom. The molecule has 1 aliphatic heterocycles. The zero-order valence-electron chi connectivity index (χ0n) is 10.2. The fourth-order valence-corrected chi connectivity index (χ4v) is 2.20. The molecule has 0 aromatic heterocycles. The quantitative estimate of drug-likeness (QED) is 0.625. The van der Waals surface area contributed by atoms with E-state index in [9.17, 15) is 14.7 Å². The number of likely N-dealkylation sites (tertiary alicyclic amines) is 1. The van der Waals surface area contributed by atoms with E-state index in [2.05, 4.69) is 4.74 Å². The van der Waals surface area contributed by atoms with E-state index in [0.29, 0.717) is 0 Å². The Balaban J connectivity index is 2.24. The first kappa shape index (κ1) is 12.6. The van der Waals surface area contributed by atoms with Gasteiger partial charge in [0.05, 0.1) is 13.2 Å². The molecule has 18 heavy (non-hydrogen) atoms. The molecule has 1 heterocycles. The molecule has 1 aromatic rings. The highest BCUT2D eigenvalue weighted by Crippen LogP contribution is 2.36. The third-order valence-electron chi connectivity index (χ3n) is 3.21. The molecule has 1 N–H and O–H groups in total. The molecule has 3 atom stereocenters. The Labute approximate surface area is 105 Å². The van der Waals surface area contributed by atoms with Crippen LogP contribution in [0.15, 0.2) is 30.3 Å². The predicted molar refractivity (Wildman–Crippen MR) is 63.5 cm³/mol. The van der Waals surface area contributed by atoms with Crippen LogP contribution in [0, 0.1) is 0 Å². The highest BCUT2D eigenvalue weighted by atomic mass is 16.5. The minimum Gasteiger partial charge on any atom is -0.467 e. The van der Waals surface area contributed by atoms with Gasteiger partial charge in [0.1, 0.15) is 6.04 Å². The molecule has 3 unspecified atom stereocenters. The van der Waals surface area contributed by atoms with Gasteiger partial charge >= 0.3 is 5.97 Å². The van der Waals surface area contributed by atoms with E-state index in [1.165, 1.54) is 12.0 Å². The lowest BCUT2D eigenvalue weighted by Crippen LogP contribution is -2.63. The van der Waals surface area contributed by atoms with Gasteiger partial charge in [0.25, 0.3) is 5.91 Å². The second kappa shape index (κ2) is 4.78. The van der Waals surface area contributed by atoms with Crippen molar-refractivity contribution in [1.82, 2.24) is 4.90 Å². The number of β-lactam (4-membered cyclic amide) rings is 1. The lowest BCUT2D eigenvalue weighted by molar-refractivity contribution is -0.179. The van der Waals surface area contributed by atoms with Crippen molar-refractivity contribution < 1.29 is 19.4 Å². The molecular weight excluding hydrogens is 234 g/mol. The van der Waals surface area contributed by atoms with Crippen molar-refractivity contribution in [2.75, 3.05) is 7.11 Å². The molecule has 96 valence electrons. The summed E-state index contributed by atoms with van der Waals surface area (Å²) in [5.74, 6) is -0.932. The SMILES string of the molecule is COC(=O)C(C)N1C(=O)C(O)C1c1ccccc1. The number of amides is 1. The third-order valence-corrected chi connectivity index (χ3v) is 3.21. The van der Waals surface area contributed by atoms with Crippen LogP contribution in [0.2, 0.25) is 0 Å². The summed E-state index contributed by atoms with van der Waals surface area (Å²) in [7, 11) is 1.27. The Bertz CT molecular complexity index is 459. The van der Waals surface area contributed by atoms with Crippen LogP contribution in [0.1, 0.15) is 18.5 Å². The van der Waals surface area contributed by atoms with Crippen molar-refractivity contribution in [3.8, 4) is 0 Å². The first-order valence-electron chi connectivity index (χ1n) is 5.71. The molecular formula is C13H15NO4. The van der Waals surface area contributed by atoms with Gasteiger partial charge in [-0.3, -0.25) is 4.79 Å². The molecule has 0 saturated carbocycles. The summed E-state index contributed by atoms with van der Waals surface area (Å²) in [5.41, 5.74) is 0.806. The number of hydrogen-bond donors (Lipinski definition) is 1. The largest absolute Gasteiger partial charge is 0.467 e. The summed E-state index contributed by atoms with van der Waals surface area (Å²) >= 11 is 0. The van der Waals surface area contributed by atoms with Gasteiger partial charge in [-0.2, -0.15) is 0 Å². The molecule has 5 heteroatoms. The number of aliphatic hydroxyl groups excluding tert-OH is 1. The molecule has 0 spiro atoms. The van der Waals surface area contributed by atoms with E-state index in [4.69, 9.17) is 0 Å². The normalized spacial score (nSPS) is 24.4. The molecule has 0 bridgehead atoms. The second-order valence-electron chi connectivity index (χ2n) is 4.24. The first-order valence-corrected chi connectivity index (χ1v) is 5.71. The van der Waals surface area contributed by atoms with Crippen molar-refractivity contribution in [2.24, 2.45) is 0 Å². The van der Waals surface area contributed by atoms with Crippen LogP contribution in [0.3, 0.4) is 0 Å². The van der Waals surface area contributed by atoms with Crippen LogP contribution in [-0.2, 0) is 14.3 Å². The lowest BCUT2D eigenvalue weighted by Gasteiger charge is -2.47.